The molecule has 5 rings (SSSR count). The van der Waals surface area contributed by atoms with Gasteiger partial charge < -0.3 is 5.11 Å². The first-order valence-electron chi connectivity index (χ1n) is 11.3. The lowest BCUT2D eigenvalue weighted by Crippen LogP contribution is -2.53. The highest BCUT2D eigenvalue weighted by atomic mass is 16.3. The topological polar surface area (TPSA) is 38.0 Å². The van der Waals surface area contributed by atoms with Crippen LogP contribution < -0.4 is 0 Å². The largest absolute Gasteiger partial charge is 0.388 e. The SMILES string of the molecule is Cn1nccc1/C=C1\C[C@@H]2[C@H]3CC[C@H]4CCCC[C@]4(C)[C@@H]3CC[C@@]2(C)[C@@H]1O. The molecule has 4 aliphatic carbocycles. The maximum Gasteiger partial charge on any atom is 0.0810 e. The van der Waals surface area contributed by atoms with E-state index in [9.17, 15) is 5.11 Å². The van der Waals surface area contributed by atoms with Crippen molar-refractivity contribution in [2.75, 3.05) is 0 Å². The predicted molar refractivity (Wildman–Crippen MR) is 109 cm³/mol. The molecule has 7 atom stereocenters. The summed E-state index contributed by atoms with van der Waals surface area (Å²) in [5, 5.41) is 15.6. The summed E-state index contributed by atoms with van der Waals surface area (Å²) in [6.45, 7) is 5.02. The minimum atomic E-state index is -0.282. The normalized spacial score (nSPS) is 48.1. The van der Waals surface area contributed by atoms with E-state index in [1.807, 2.05) is 17.9 Å². The number of rotatable bonds is 1. The van der Waals surface area contributed by atoms with E-state index >= 15 is 0 Å². The molecule has 3 nitrogen and oxygen atoms in total. The Hall–Kier alpha value is -1.09. The van der Waals surface area contributed by atoms with E-state index in [2.05, 4.69) is 31.1 Å². The zero-order valence-electron chi connectivity index (χ0n) is 17.3. The molecule has 1 aromatic heterocycles. The number of aryl methyl sites for hydroxylation is 1. The van der Waals surface area contributed by atoms with Crippen molar-refractivity contribution in [1.29, 1.82) is 0 Å². The first-order chi connectivity index (χ1) is 12.9. The predicted octanol–water partition coefficient (Wildman–Crippen LogP) is 5.21. The van der Waals surface area contributed by atoms with Crippen LogP contribution in [0.2, 0.25) is 0 Å². The maximum atomic E-state index is 11.3. The van der Waals surface area contributed by atoms with E-state index in [1.165, 1.54) is 56.9 Å². The average Bonchev–Trinajstić information content (AvgIpc) is 3.17. The van der Waals surface area contributed by atoms with Gasteiger partial charge in [-0.25, -0.2) is 0 Å². The molecule has 0 saturated heterocycles. The van der Waals surface area contributed by atoms with Crippen LogP contribution in [0, 0.1) is 34.5 Å². The van der Waals surface area contributed by atoms with Gasteiger partial charge in [-0.15, -0.1) is 0 Å². The molecule has 0 amide bonds. The second-order valence-corrected chi connectivity index (χ2v) is 10.7. The molecule has 0 bridgehead atoms. The monoisotopic (exact) mass is 368 g/mol. The van der Waals surface area contributed by atoms with Crippen LogP contribution in [0.15, 0.2) is 17.8 Å². The number of aliphatic hydroxyl groups is 1. The standard InChI is InChI=1S/C24H36N2O/c1-23-11-5-4-6-17(23)7-8-19-20(23)9-12-24(2)21(19)15-16(22(24)27)14-18-10-13-25-26(18)3/h10,13-14,17,19-22,27H,4-9,11-12,15H2,1-3H3/b16-14+/t17-,19+,20-,21-,22-,23+,24-/m1/s1. The first-order valence-corrected chi connectivity index (χ1v) is 11.3. The highest BCUT2D eigenvalue weighted by Crippen LogP contribution is 2.66. The van der Waals surface area contributed by atoms with Crippen LogP contribution in [0.4, 0.5) is 0 Å². The highest BCUT2D eigenvalue weighted by molar-refractivity contribution is 5.52. The molecule has 1 N–H and O–H groups in total. The lowest BCUT2D eigenvalue weighted by Gasteiger charge is -2.60. The van der Waals surface area contributed by atoms with Crippen LogP contribution in [0.25, 0.3) is 6.08 Å². The van der Waals surface area contributed by atoms with Crippen LogP contribution in [0.5, 0.6) is 0 Å². The molecule has 27 heavy (non-hydrogen) atoms. The molecule has 4 saturated carbocycles. The third kappa shape index (κ3) is 2.53. The van der Waals surface area contributed by atoms with Gasteiger partial charge in [0.25, 0.3) is 0 Å². The van der Waals surface area contributed by atoms with Gasteiger partial charge in [-0.3, -0.25) is 4.68 Å². The Balaban J connectivity index is 1.47. The average molecular weight is 369 g/mol. The number of aromatic nitrogens is 2. The van der Waals surface area contributed by atoms with Crippen LogP contribution in [-0.4, -0.2) is 21.0 Å². The third-order valence-corrected chi connectivity index (χ3v) is 9.64. The molecule has 1 heterocycles. The van der Waals surface area contributed by atoms with Crippen molar-refractivity contribution < 1.29 is 5.11 Å². The summed E-state index contributed by atoms with van der Waals surface area (Å²) in [5.74, 6) is 3.33. The van der Waals surface area contributed by atoms with Gasteiger partial charge in [0.15, 0.2) is 0 Å². The van der Waals surface area contributed by atoms with Crippen molar-refractivity contribution >= 4 is 6.08 Å². The van der Waals surface area contributed by atoms with Gasteiger partial charge in [0.1, 0.15) is 0 Å². The zero-order chi connectivity index (χ0) is 18.8. The van der Waals surface area contributed by atoms with E-state index in [0.717, 1.165) is 29.9 Å². The molecule has 0 aliphatic heterocycles. The van der Waals surface area contributed by atoms with Gasteiger partial charge in [-0.2, -0.15) is 5.10 Å². The minimum absolute atomic E-state index is 0.0729. The van der Waals surface area contributed by atoms with E-state index in [0.29, 0.717) is 11.3 Å². The number of nitrogens with zero attached hydrogens (tertiary/aromatic N) is 2. The van der Waals surface area contributed by atoms with Gasteiger partial charge in [-0.05, 0) is 91.7 Å². The summed E-state index contributed by atoms with van der Waals surface area (Å²) >= 11 is 0. The summed E-state index contributed by atoms with van der Waals surface area (Å²) in [6, 6.07) is 2.06. The molecule has 3 heteroatoms. The number of hydrogen-bond donors (Lipinski definition) is 1. The summed E-state index contributed by atoms with van der Waals surface area (Å²) in [6.07, 6.45) is 16.1. The molecule has 0 spiro atoms. The van der Waals surface area contributed by atoms with Gasteiger partial charge in [0.2, 0.25) is 0 Å². The summed E-state index contributed by atoms with van der Waals surface area (Å²) < 4.78 is 1.92. The molecule has 4 aliphatic rings. The molecular weight excluding hydrogens is 332 g/mol. The van der Waals surface area contributed by atoms with Crippen molar-refractivity contribution in [3.63, 3.8) is 0 Å². The maximum absolute atomic E-state index is 11.3. The van der Waals surface area contributed by atoms with Crippen molar-refractivity contribution in [1.82, 2.24) is 9.78 Å². The van der Waals surface area contributed by atoms with Crippen LogP contribution >= 0.6 is 0 Å². The quantitative estimate of drug-likeness (QED) is 0.739. The van der Waals surface area contributed by atoms with Crippen LogP contribution in [0.3, 0.4) is 0 Å². The van der Waals surface area contributed by atoms with Gasteiger partial charge in [-0.1, -0.05) is 26.7 Å². The molecule has 1 aromatic rings. The molecule has 148 valence electrons. The van der Waals surface area contributed by atoms with Crippen LogP contribution in [-0.2, 0) is 7.05 Å². The molecular formula is C24H36N2O. The van der Waals surface area contributed by atoms with E-state index in [1.54, 1.807) is 0 Å². The van der Waals surface area contributed by atoms with E-state index < -0.39 is 0 Å². The second kappa shape index (κ2) is 6.20. The minimum Gasteiger partial charge on any atom is -0.388 e. The molecule has 0 radical (unpaired) electrons. The second-order valence-electron chi connectivity index (χ2n) is 10.7. The van der Waals surface area contributed by atoms with Crippen molar-refractivity contribution in [2.24, 2.45) is 41.5 Å². The zero-order valence-corrected chi connectivity index (χ0v) is 17.3. The van der Waals surface area contributed by atoms with Crippen molar-refractivity contribution in [2.45, 2.75) is 77.7 Å². The number of fused-ring (bicyclic) bond motifs is 5. The summed E-state index contributed by atoms with van der Waals surface area (Å²) in [7, 11) is 1.99. The Kier molecular flexibility index (Phi) is 4.13. The van der Waals surface area contributed by atoms with E-state index in [-0.39, 0.29) is 11.5 Å². The number of aliphatic hydroxyl groups excluding tert-OH is 1. The molecule has 4 fully saturated rings. The Morgan fingerprint density at radius 3 is 2.70 bits per heavy atom. The Labute approximate surface area is 164 Å². The van der Waals surface area contributed by atoms with Crippen molar-refractivity contribution in [3.05, 3.63) is 23.5 Å². The first kappa shape index (κ1) is 18.0. The summed E-state index contributed by atoms with van der Waals surface area (Å²) in [4.78, 5) is 0. The lowest BCUT2D eigenvalue weighted by atomic mass is 9.45. The van der Waals surface area contributed by atoms with Gasteiger partial charge in [0, 0.05) is 18.7 Å². The third-order valence-electron chi connectivity index (χ3n) is 9.64. The Bertz CT molecular complexity index is 751. The van der Waals surface area contributed by atoms with Gasteiger partial charge >= 0.3 is 0 Å². The fraction of sp³-hybridized carbons (Fsp3) is 0.792. The lowest BCUT2D eigenvalue weighted by molar-refractivity contribution is -0.119. The fourth-order valence-electron chi connectivity index (χ4n) is 8.01. The summed E-state index contributed by atoms with van der Waals surface area (Å²) in [5.41, 5.74) is 3.01. The smallest absolute Gasteiger partial charge is 0.0810 e. The molecule has 0 unspecified atom stereocenters. The van der Waals surface area contributed by atoms with E-state index in [4.69, 9.17) is 0 Å². The highest BCUT2D eigenvalue weighted by Gasteiger charge is 2.60. The van der Waals surface area contributed by atoms with Gasteiger partial charge in [0.05, 0.1) is 11.8 Å². The Morgan fingerprint density at radius 2 is 1.93 bits per heavy atom. The molecule has 0 aromatic carbocycles. The van der Waals surface area contributed by atoms with Crippen molar-refractivity contribution in [3.8, 4) is 0 Å². The Morgan fingerprint density at radius 1 is 1.07 bits per heavy atom. The number of hydrogen-bond acceptors (Lipinski definition) is 2. The fourth-order valence-corrected chi connectivity index (χ4v) is 8.01. The van der Waals surface area contributed by atoms with Crippen LogP contribution in [0.1, 0.15) is 77.3 Å².